The van der Waals surface area contributed by atoms with E-state index in [1.807, 2.05) is 24.3 Å². The Labute approximate surface area is 132 Å². The molecule has 1 N–H and O–H groups in total. The van der Waals surface area contributed by atoms with Gasteiger partial charge in [-0.25, -0.2) is 0 Å². The maximum atomic E-state index is 11.8. The highest BCUT2D eigenvalue weighted by molar-refractivity contribution is 9.10. The van der Waals surface area contributed by atoms with E-state index in [0.717, 1.165) is 10.2 Å². The van der Waals surface area contributed by atoms with Gasteiger partial charge in [0.05, 0.1) is 11.1 Å². The summed E-state index contributed by atoms with van der Waals surface area (Å²) in [6, 6.07) is 14.6. The molecule has 2 rings (SSSR count). The average Bonchev–Trinajstić information content (AvgIpc) is 2.50. The molecular weight excluding hydrogens is 334 g/mol. The topological polar surface area (TPSA) is 47.6 Å². The Hall–Kier alpha value is -1.85. The molecule has 21 heavy (non-hydrogen) atoms. The molecule has 110 valence electrons. The zero-order chi connectivity index (χ0) is 15.1. The maximum absolute atomic E-state index is 11.8. The molecular formula is C16H16BrNO3. The first kappa shape index (κ1) is 15.5. The quantitative estimate of drug-likeness (QED) is 0.810. The van der Waals surface area contributed by atoms with E-state index in [1.165, 1.54) is 0 Å². The average molecular weight is 350 g/mol. The minimum absolute atomic E-state index is 0.125. The van der Waals surface area contributed by atoms with Gasteiger partial charge in [-0.15, -0.1) is 0 Å². The Morgan fingerprint density at radius 2 is 1.86 bits per heavy atom. The lowest BCUT2D eigenvalue weighted by Gasteiger charge is -2.08. The zero-order valence-electron chi connectivity index (χ0n) is 11.6. The number of ether oxygens (including phenoxy) is 2. The summed E-state index contributed by atoms with van der Waals surface area (Å²) in [6.07, 6.45) is 0. The van der Waals surface area contributed by atoms with E-state index in [4.69, 9.17) is 9.47 Å². The standard InChI is InChI=1S/C16H16BrNO3/c1-20-11-10-18-16(19)12-6-8-13(9-7-12)21-15-5-3-2-4-14(15)17/h2-9H,10-11H2,1H3,(H,18,19). The van der Waals surface area contributed by atoms with Gasteiger partial charge in [-0.1, -0.05) is 12.1 Å². The predicted octanol–water partition coefficient (Wildman–Crippen LogP) is 3.62. The van der Waals surface area contributed by atoms with Gasteiger partial charge in [0, 0.05) is 19.2 Å². The summed E-state index contributed by atoms with van der Waals surface area (Å²) in [5.74, 6) is 1.28. The van der Waals surface area contributed by atoms with Gasteiger partial charge >= 0.3 is 0 Å². The highest BCUT2D eigenvalue weighted by Gasteiger charge is 2.06. The lowest BCUT2D eigenvalue weighted by Crippen LogP contribution is -2.26. The van der Waals surface area contributed by atoms with Crippen LogP contribution in [0, 0.1) is 0 Å². The summed E-state index contributed by atoms with van der Waals surface area (Å²) in [7, 11) is 1.60. The van der Waals surface area contributed by atoms with Crippen LogP contribution < -0.4 is 10.1 Å². The van der Waals surface area contributed by atoms with Crippen LogP contribution in [-0.2, 0) is 4.74 Å². The minimum atomic E-state index is -0.125. The van der Waals surface area contributed by atoms with Gasteiger partial charge < -0.3 is 14.8 Å². The van der Waals surface area contributed by atoms with Crippen molar-refractivity contribution in [2.75, 3.05) is 20.3 Å². The number of methoxy groups -OCH3 is 1. The Morgan fingerprint density at radius 3 is 2.52 bits per heavy atom. The maximum Gasteiger partial charge on any atom is 0.251 e. The van der Waals surface area contributed by atoms with Crippen molar-refractivity contribution in [3.05, 3.63) is 58.6 Å². The monoisotopic (exact) mass is 349 g/mol. The summed E-state index contributed by atoms with van der Waals surface area (Å²) in [5.41, 5.74) is 0.589. The highest BCUT2D eigenvalue weighted by atomic mass is 79.9. The second-order valence-electron chi connectivity index (χ2n) is 4.31. The molecule has 5 heteroatoms. The first-order valence-electron chi connectivity index (χ1n) is 6.50. The normalized spacial score (nSPS) is 10.2. The smallest absolute Gasteiger partial charge is 0.251 e. The van der Waals surface area contributed by atoms with Crippen molar-refractivity contribution in [1.29, 1.82) is 0 Å². The van der Waals surface area contributed by atoms with Crippen molar-refractivity contribution >= 4 is 21.8 Å². The van der Waals surface area contributed by atoms with Crippen LogP contribution >= 0.6 is 15.9 Å². The number of carbonyl (C=O) groups excluding carboxylic acids is 1. The Morgan fingerprint density at radius 1 is 1.14 bits per heavy atom. The van der Waals surface area contributed by atoms with E-state index in [-0.39, 0.29) is 5.91 Å². The third-order valence-electron chi connectivity index (χ3n) is 2.77. The van der Waals surface area contributed by atoms with Crippen LogP contribution in [0.25, 0.3) is 0 Å². The lowest BCUT2D eigenvalue weighted by atomic mass is 10.2. The lowest BCUT2D eigenvalue weighted by molar-refractivity contribution is 0.0937. The molecule has 0 saturated heterocycles. The number of rotatable bonds is 6. The van der Waals surface area contributed by atoms with E-state index in [2.05, 4.69) is 21.2 Å². The molecule has 0 bridgehead atoms. The number of halogens is 1. The van der Waals surface area contributed by atoms with Gasteiger partial charge in [0.25, 0.3) is 5.91 Å². The van der Waals surface area contributed by atoms with Crippen LogP contribution in [0.3, 0.4) is 0 Å². The molecule has 0 spiro atoms. The van der Waals surface area contributed by atoms with Gasteiger partial charge in [0.1, 0.15) is 11.5 Å². The van der Waals surface area contributed by atoms with Crippen molar-refractivity contribution in [2.24, 2.45) is 0 Å². The highest BCUT2D eigenvalue weighted by Crippen LogP contribution is 2.29. The van der Waals surface area contributed by atoms with Crippen LogP contribution in [0.2, 0.25) is 0 Å². The van der Waals surface area contributed by atoms with Crippen LogP contribution in [0.1, 0.15) is 10.4 Å². The van der Waals surface area contributed by atoms with Crippen molar-refractivity contribution in [2.45, 2.75) is 0 Å². The molecule has 0 unspecified atom stereocenters. The van der Waals surface area contributed by atoms with Gasteiger partial charge in [0.15, 0.2) is 0 Å². The van der Waals surface area contributed by atoms with Crippen molar-refractivity contribution in [3.63, 3.8) is 0 Å². The first-order valence-corrected chi connectivity index (χ1v) is 7.29. The number of para-hydroxylation sites is 1. The van der Waals surface area contributed by atoms with Crippen LogP contribution in [0.5, 0.6) is 11.5 Å². The molecule has 2 aromatic carbocycles. The van der Waals surface area contributed by atoms with Gasteiger partial charge in [-0.3, -0.25) is 4.79 Å². The summed E-state index contributed by atoms with van der Waals surface area (Å²) in [6.45, 7) is 0.986. The summed E-state index contributed by atoms with van der Waals surface area (Å²) < 4.78 is 11.5. The third-order valence-corrected chi connectivity index (χ3v) is 3.43. The fourth-order valence-electron chi connectivity index (χ4n) is 1.70. The molecule has 0 aliphatic carbocycles. The second-order valence-corrected chi connectivity index (χ2v) is 5.16. The van der Waals surface area contributed by atoms with Crippen LogP contribution in [0.4, 0.5) is 0 Å². The molecule has 0 fully saturated rings. The fourth-order valence-corrected chi connectivity index (χ4v) is 2.06. The Bertz CT molecular complexity index is 599. The van der Waals surface area contributed by atoms with E-state index >= 15 is 0 Å². The molecule has 0 aromatic heterocycles. The number of hydrogen-bond acceptors (Lipinski definition) is 3. The molecule has 0 radical (unpaired) electrons. The summed E-state index contributed by atoms with van der Waals surface area (Å²) >= 11 is 3.43. The SMILES string of the molecule is COCCNC(=O)c1ccc(Oc2ccccc2Br)cc1. The number of amides is 1. The molecule has 0 aliphatic heterocycles. The largest absolute Gasteiger partial charge is 0.456 e. The van der Waals surface area contributed by atoms with Crippen molar-refractivity contribution < 1.29 is 14.3 Å². The summed E-state index contributed by atoms with van der Waals surface area (Å²) in [4.78, 5) is 11.8. The third kappa shape index (κ3) is 4.58. The van der Waals surface area contributed by atoms with Crippen LogP contribution in [0.15, 0.2) is 53.0 Å². The molecule has 0 aliphatic rings. The number of hydrogen-bond donors (Lipinski definition) is 1. The second kappa shape index (κ2) is 7.81. The van der Waals surface area contributed by atoms with E-state index in [9.17, 15) is 4.79 Å². The molecule has 1 amide bonds. The van der Waals surface area contributed by atoms with E-state index < -0.39 is 0 Å². The van der Waals surface area contributed by atoms with Crippen molar-refractivity contribution in [3.8, 4) is 11.5 Å². The molecule has 0 saturated carbocycles. The molecule has 0 heterocycles. The first-order chi connectivity index (χ1) is 10.2. The number of nitrogens with one attached hydrogen (secondary N) is 1. The number of carbonyl (C=O) groups is 1. The van der Waals surface area contributed by atoms with E-state index in [0.29, 0.717) is 24.5 Å². The molecule has 4 nitrogen and oxygen atoms in total. The summed E-state index contributed by atoms with van der Waals surface area (Å²) in [5, 5.41) is 2.77. The zero-order valence-corrected chi connectivity index (χ0v) is 13.2. The predicted molar refractivity (Wildman–Crippen MR) is 84.9 cm³/mol. The Kier molecular flexibility index (Phi) is 5.78. The minimum Gasteiger partial charge on any atom is -0.456 e. The Balaban J connectivity index is 1.99. The molecule has 0 atom stereocenters. The molecule has 2 aromatic rings. The fraction of sp³-hybridized carbons (Fsp3) is 0.188. The van der Waals surface area contributed by atoms with Gasteiger partial charge in [-0.05, 0) is 52.3 Å². The number of benzene rings is 2. The van der Waals surface area contributed by atoms with Crippen LogP contribution in [-0.4, -0.2) is 26.2 Å². The van der Waals surface area contributed by atoms with E-state index in [1.54, 1.807) is 31.4 Å². The van der Waals surface area contributed by atoms with Gasteiger partial charge in [0.2, 0.25) is 0 Å². The van der Waals surface area contributed by atoms with Crippen molar-refractivity contribution in [1.82, 2.24) is 5.32 Å². The van der Waals surface area contributed by atoms with Gasteiger partial charge in [-0.2, -0.15) is 0 Å².